The van der Waals surface area contributed by atoms with Crippen molar-refractivity contribution in [2.24, 2.45) is 0 Å². The van der Waals surface area contributed by atoms with E-state index in [1.807, 2.05) is 0 Å². The highest BCUT2D eigenvalue weighted by molar-refractivity contribution is 5.51. The maximum Gasteiger partial charge on any atom is 0.460 e. The highest BCUT2D eigenvalue weighted by Crippen LogP contribution is 2.66. The second-order valence-corrected chi connectivity index (χ2v) is 12.0. The van der Waals surface area contributed by atoms with Gasteiger partial charge in [-0.15, -0.1) is 0 Å². The lowest BCUT2D eigenvalue weighted by Crippen LogP contribution is -2.74. The molecule has 0 aliphatic rings. The van der Waals surface area contributed by atoms with E-state index in [1.54, 1.807) is 0 Å². The molecule has 1 aromatic heterocycles. The van der Waals surface area contributed by atoms with Crippen LogP contribution in [0.25, 0.3) is 12.2 Å². The van der Waals surface area contributed by atoms with Crippen LogP contribution in [-0.4, -0.2) is 100 Å². The minimum absolute atomic E-state index is 0.187. The zero-order valence-corrected chi connectivity index (χ0v) is 27.8. The Morgan fingerprint density at radius 3 is 0.694 bits per heavy atom. The predicted molar refractivity (Wildman–Crippen MR) is 133 cm³/mol. The Labute approximate surface area is 317 Å². The van der Waals surface area contributed by atoms with Crippen molar-refractivity contribution >= 4 is 12.2 Å². The molecule has 35 heteroatoms. The normalized spacial score (nSPS) is 16.5. The Kier molecular flexibility index (Phi) is 14.0. The second-order valence-electron chi connectivity index (χ2n) is 12.0. The summed E-state index contributed by atoms with van der Waals surface area (Å²) in [5.74, 6) is -118. The lowest BCUT2D eigenvalue weighted by atomic mass is 9.88. The summed E-state index contributed by atoms with van der Waals surface area (Å²) in [4.78, 5) is 3.05. The number of allylic oxidation sites excluding steroid dienone is 2. The van der Waals surface area contributed by atoms with Crippen molar-refractivity contribution in [1.82, 2.24) is 4.98 Å². The minimum Gasteiger partial charge on any atom is -0.249 e. The van der Waals surface area contributed by atoms with E-state index in [1.165, 1.54) is 0 Å². The van der Waals surface area contributed by atoms with Crippen LogP contribution in [-0.2, 0) is 0 Å². The Balaban J connectivity index is 3.44. The average Bonchev–Trinajstić information content (AvgIpc) is 3.06. The third-order valence-electron chi connectivity index (χ3n) is 7.69. The van der Waals surface area contributed by atoms with Gasteiger partial charge in [0.25, 0.3) is 0 Å². The van der Waals surface area contributed by atoms with Gasteiger partial charge < -0.3 is 0 Å². The highest BCUT2D eigenvalue weighted by Gasteiger charge is 2.96. The maximum absolute atomic E-state index is 14.1. The lowest BCUT2D eigenvalue weighted by Gasteiger charge is -2.42. The van der Waals surface area contributed by atoms with E-state index < -0.39 is 132 Å². The third-order valence-corrected chi connectivity index (χ3v) is 7.69. The third kappa shape index (κ3) is 8.03. The monoisotopic (exact) mass is 995 g/mol. The molecule has 0 aromatic carbocycles. The molecule has 1 aromatic rings. The predicted octanol–water partition coefficient (Wildman–Crippen LogP) is 13.9. The first-order chi connectivity index (χ1) is 26.7. The molecule has 0 spiro atoms. The zero-order chi connectivity index (χ0) is 50.2. The van der Waals surface area contributed by atoms with Crippen LogP contribution in [0.15, 0.2) is 30.4 Å². The molecule has 362 valence electrons. The first-order valence-electron chi connectivity index (χ1n) is 14.4. The SMILES string of the molecule is FC(F)(F)C(F)(F)C(F)(F)C(F)(F)C(F)(F)C(F)(F)C(F)(F)C(F)(F)C/C=C/c1cccc(/C=C/CC(F)(F)C(F)(F)C(F)(F)C(F)(F)C(F)(F)C(F)(F)C(F)(F)C(F)(F)F)n1. The van der Waals surface area contributed by atoms with Crippen LogP contribution in [0.3, 0.4) is 0 Å². The molecule has 62 heavy (non-hydrogen) atoms. The first kappa shape index (κ1) is 56.3. The van der Waals surface area contributed by atoms with Crippen LogP contribution in [0.4, 0.5) is 149 Å². The summed E-state index contributed by atoms with van der Waals surface area (Å²) >= 11 is 0. The van der Waals surface area contributed by atoms with Gasteiger partial charge in [0.1, 0.15) is 0 Å². The summed E-state index contributed by atoms with van der Waals surface area (Å²) in [6.07, 6.45) is -24.0. The van der Waals surface area contributed by atoms with Crippen molar-refractivity contribution in [2.75, 3.05) is 0 Å². The molecule has 1 nitrogen and oxygen atoms in total. The quantitative estimate of drug-likeness (QED) is 0.134. The van der Waals surface area contributed by atoms with Gasteiger partial charge in [0.05, 0.1) is 11.4 Å². The van der Waals surface area contributed by atoms with Gasteiger partial charge in [-0.25, -0.2) is 4.98 Å². The number of rotatable bonds is 18. The van der Waals surface area contributed by atoms with Gasteiger partial charge in [-0.2, -0.15) is 149 Å². The molecule has 0 unspecified atom stereocenters. The number of hydrogen-bond acceptors (Lipinski definition) is 1. The second kappa shape index (κ2) is 15.5. The molecule has 0 bridgehead atoms. The number of halogens is 34. The van der Waals surface area contributed by atoms with Gasteiger partial charge in [0.15, 0.2) is 0 Å². The van der Waals surface area contributed by atoms with Crippen molar-refractivity contribution < 1.29 is 149 Å². The van der Waals surface area contributed by atoms with E-state index in [4.69, 9.17) is 0 Å². The van der Waals surface area contributed by atoms with Crippen LogP contribution < -0.4 is 0 Å². The van der Waals surface area contributed by atoms with Crippen LogP contribution >= 0.6 is 0 Å². The average molecular weight is 995 g/mol. The smallest absolute Gasteiger partial charge is 0.249 e. The van der Waals surface area contributed by atoms with E-state index in [0.717, 1.165) is 0 Å². The number of aromatic nitrogens is 1. The largest absolute Gasteiger partial charge is 0.460 e. The van der Waals surface area contributed by atoms with Gasteiger partial charge in [-0.1, -0.05) is 18.2 Å². The topological polar surface area (TPSA) is 12.9 Å². The van der Waals surface area contributed by atoms with E-state index in [0.29, 0.717) is 18.2 Å². The Morgan fingerprint density at radius 1 is 0.290 bits per heavy atom. The molecule has 0 saturated heterocycles. The van der Waals surface area contributed by atoms with Crippen LogP contribution in [0, 0.1) is 0 Å². The van der Waals surface area contributed by atoms with E-state index in [-0.39, 0.29) is 12.2 Å². The summed E-state index contributed by atoms with van der Waals surface area (Å²) in [6.45, 7) is 0. The van der Waals surface area contributed by atoms with Crippen molar-refractivity contribution in [3.05, 3.63) is 41.7 Å². The van der Waals surface area contributed by atoms with Crippen molar-refractivity contribution in [1.29, 1.82) is 0 Å². The van der Waals surface area contributed by atoms with Gasteiger partial charge in [-0.3, -0.25) is 0 Å². The van der Waals surface area contributed by atoms with E-state index in [2.05, 4.69) is 4.98 Å². The standard InChI is InChI=1S/C27H11F34N/c28-12(29,14(32,33)16(36,37)18(40,41)20(44,45)22(48,49)24(52,53)26(56,57)58)8-2-6-10-4-1-5-11(62-10)7-3-9-13(30,31)15(34,35)17(38,39)19(42,43)21(46,47)23(50,51)25(54,55)27(59,60)61/h1-7H,8-9H2/b6-2+,7-3+. The summed E-state index contributed by atoms with van der Waals surface area (Å²) < 4.78 is 455. The molecule has 0 N–H and O–H groups in total. The molecule has 0 amide bonds. The van der Waals surface area contributed by atoms with Crippen LogP contribution in [0.2, 0.25) is 0 Å². The number of pyridine rings is 1. The maximum atomic E-state index is 14.1. The molecule has 0 aliphatic heterocycles. The fourth-order valence-corrected chi connectivity index (χ4v) is 3.96. The van der Waals surface area contributed by atoms with Gasteiger partial charge in [0.2, 0.25) is 0 Å². The van der Waals surface area contributed by atoms with Crippen molar-refractivity contribution in [3.8, 4) is 0 Å². The molecule has 0 fully saturated rings. The van der Waals surface area contributed by atoms with E-state index >= 15 is 0 Å². The molecule has 0 aliphatic carbocycles. The molecular weight excluding hydrogens is 984 g/mol. The summed E-state index contributed by atoms with van der Waals surface area (Å²) in [6, 6.07) is 1.27. The number of nitrogens with zero attached hydrogens (tertiary/aromatic N) is 1. The molecule has 0 atom stereocenters. The Bertz CT molecular complexity index is 1660. The number of alkyl halides is 34. The van der Waals surface area contributed by atoms with Crippen molar-refractivity contribution in [2.45, 2.75) is 108 Å². The van der Waals surface area contributed by atoms with Crippen LogP contribution in [0.1, 0.15) is 24.2 Å². The van der Waals surface area contributed by atoms with Gasteiger partial charge in [-0.05, 0) is 24.3 Å². The van der Waals surface area contributed by atoms with Gasteiger partial charge >= 0.3 is 95.3 Å². The van der Waals surface area contributed by atoms with Crippen LogP contribution in [0.5, 0.6) is 0 Å². The molecular formula is C27H11F34N. The van der Waals surface area contributed by atoms with E-state index in [9.17, 15) is 149 Å². The lowest BCUT2D eigenvalue weighted by molar-refractivity contribution is -0.461. The first-order valence-corrected chi connectivity index (χ1v) is 14.4. The summed E-state index contributed by atoms with van der Waals surface area (Å²) in [7, 11) is 0. The minimum atomic E-state index is -8.94. The molecule has 1 rings (SSSR count). The molecule has 0 saturated carbocycles. The Hall–Kier alpha value is -3.75. The van der Waals surface area contributed by atoms with Crippen molar-refractivity contribution in [3.63, 3.8) is 0 Å². The fourth-order valence-electron chi connectivity index (χ4n) is 3.96. The molecule has 0 radical (unpaired) electrons. The number of hydrogen-bond donors (Lipinski definition) is 0. The zero-order valence-electron chi connectivity index (χ0n) is 27.8. The highest BCUT2D eigenvalue weighted by atomic mass is 19.4. The Morgan fingerprint density at radius 2 is 0.484 bits per heavy atom. The summed E-state index contributed by atoms with van der Waals surface area (Å²) in [5, 5.41) is 0. The van der Waals surface area contributed by atoms with Gasteiger partial charge in [0, 0.05) is 12.8 Å². The molecule has 1 heterocycles. The summed E-state index contributed by atoms with van der Waals surface area (Å²) in [5.41, 5.74) is -2.29. The fraction of sp³-hybridized carbons (Fsp3) is 0.667.